The average molecular weight is 291 g/mol. The van der Waals surface area contributed by atoms with E-state index in [1.807, 2.05) is 0 Å². The second-order valence-corrected chi connectivity index (χ2v) is 4.97. The molecule has 90 valence electrons. The lowest BCUT2D eigenvalue weighted by Gasteiger charge is -2.19. The molecule has 0 spiro atoms. The first-order valence-corrected chi connectivity index (χ1v) is 5.62. The van der Waals surface area contributed by atoms with Crippen molar-refractivity contribution < 1.29 is 13.9 Å². The minimum absolute atomic E-state index is 0.394. The smallest absolute Gasteiger partial charge is 0.422 e. The zero-order chi connectivity index (χ0) is 12.2. The third-order valence-corrected chi connectivity index (χ3v) is 1.91. The largest absolute Gasteiger partial charge is 0.453 e. The molecular weight excluding hydrogens is 276 g/mol. The number of hydrazine groups is 1. The van der Waals surface area contributed by atoms with Gasteiger partial charge in [-0.1, -0.05) is 0 Å². The van der Waals surface area contributed by atoms with E-state index in [1.54, 1.807) is 32.9 Å². The van der Waals surface area contributed by atoms with Gasteiger partial charge in [-0.2, -0.15) is 0 Å². The lowest BCUT2D eigenvalue weighted by molar-refractivity contribution is 0.0495. The lowest BCUT2D eigenvalue weighted by Crippen LogP contribution is -2.40. The number of carbonyl (C=O) groups is 1. The SMILES string of the molecule is CC(C)(C)OC(=O)NNCc1ccc(Br)o1. The highest BCUT2D eigenvalue weighted by Gasteiger charge is 2.15. The summed E-state index contributed by atoms with van der Waals surface area (Å²) in [6.45, 7) is 5.80. The molecule has 0 bridgehead atoms. The van der Waals surface area contributed by atoms with Gasteiger partial charge in [0.25, 0.3) is 0 Å². The number of furan rings is 1. The zero-order valence-corrected chi connectivity index (χ0v) is 11.1. The van der Waals surface area contributed by atoms with Crippen molar-refractivity contribution in [3.63, 3.8) is 0 Å². The Hall–Kier alpha value is -1.01. The van der Waals surface area contributed by atoms with Gasteiger partial charge in [0.1, 0.15) is 11.4 Å². The van der Waals surface area contributed by atoms with Gasteiger partial charge in [0.15, 0.2) is 4.67 Å². The summed E-state index contributed by atoms with van der Waals surface area (Å²) in [5, 5.41) is 0. The highest BCUT2D eigenvalue weighted by molar-refractivity contribution is 9.10. The summed E-state index contributed by atoms with van der Waals surface area (Å²) in [5.41, 5.74) is 4.61. The standard InChI is InChI=1S/C10H15BrN2O3/c1-10(2,3)16-9(14)13-12-6-7-4-5-8(11)15-7/h4-5,12H,6H2,1-3H3,(H,13,14). The monoisotopic (exact) mass is 290 g/mol. The molecule has 0 saturated carbocycles. The molecule has 6 heteroatoms. The number of amides is 1. The van der Waals surface area contributed by atoms with Crippen molar-refractivity contribution >= 4 is 22.0 Å². The van der Waals surface area contributed by atoms with Crippen molar-refractivity contribution in [1.29, 1.82) is 0 Å². The predicted octanol–water partition coefficient (Wildman–Crippen LogP) is 2.57. The van der Waals surface area contributed by atoms with Crippen LogP contribution in [0.5, 0.6) is 0 Å². The van der Waals surface area contributed by atoms with Crippen LogP contribution in [-0.2, 0) is 11.3 Å². The molecule has 0 saturated heterocycles. The molecule has 0 atom stereocenters. The van der Waals surface area contributed by atoms with Gasteiger partial charge in [-0.3, -0.25) is 5.43 Å². The van der Waals surface area contributed by atoms with Crippen LogP contribution in [0.3, 0.4) is 0 Å². The Balaban J connectivity index is 2.23. The quantitative estimate of drug-likeness (QED) is 0.840. The highest BCUT2D eigenvalue weighted by atomic mass is 79.9. The maximum atomic E-state index is 11.2. The third-order valence-electron chi connectivity index (χ3n) is 1.48. The Labute approximate surface area is 103 Å². The molecule has 0 unspecified atom stereocenters. The topological polar surface area (TPSA) is 63.5 Å². The predicted molar refractivity (Wildman–Crippen MR) is 62.6 cm³/mol. The number of halogens is 1. The Morgan fingerprint density at radius 1 is 1.50 bits per heavy atom. The zero-order valence-electron chi connectivity index (χ0n) is 9.46. The van der Waals surface area contributed by atoms with Crippen molar-refractivity contribution in [2.24, 2.45) is 0 Å². The van der Waals surface area contributed by atoms with Crippen LogP contribution < -0.4 is 10.9 Å². The summed E-state index contributed by atoms with van der Waals surface area (Å²) in [6.07, 6.45) is -0.516. The number of ether oxygens (including phenoxy) is 1. The minimum Gasteiger partial charge on any atom is -0.453 e. The van der Waals surface area contributed by atoms with Crippen LogP contribution in [0.2, 0.25) is 0 Å². The van der Waals surface area contributed by atoms with E-state index in [4.69, 9.17) is 9.15 Å². The molecule has 1 rings (SSSR count). The van der Waals surface area contributed by atoms with Crippen LogP contribution in [0.4, 0.5) is 4.79 Å². The molecule has 5 nitrogen and oxygen atoms in total. The van der Waals surface area contributed by atoms with Crippen molar-refractivity contribution in [3.05, 3.63) is 22.6 Å². The first-order valence-electron chi connectivity index (χ1n) is 4.83. The van der Waals surface area contributed by atoms with E-state index >= 15 is 0 Å². The summed E-state index contributed by atoms with van der Waals surface area (Å²) >= 11 is 3.19. The Bertz CT molecular complexity index is 357. The van der Waals surface area contributed by atoms with Gasteiger partial charge < -0.3 is 9.15 Å². The summed E-state index contributed by atoms with van der Waals surface area (Å²) in [4.78, 5) is 11.2. The fraction of sp³-hybridized carbons (Fsp3) is 0.500. The second-order valence-electron chi connectivity index (χ2n) is 4.19. The third kappa shape index (κ3) is 5.18. The van der Waals surface area contributed by atoms with E-state index < -0.39 is 11.7 Å². The Morgan fingerprint density at radius 2 is 2.19 bits per heavy atom. The molecule has 0 radical (unpaired) electrons. The van der Waals surface area contributed by atoms with Gasteiger partial charge in [-0.15, -0.1) is 0 Å². The van der Waals surface area contributed by atoms with Crippen LogP contribution in [0, 0.1) is 0 Å². The number of rotatable bonds is 3. The average Bonchev–Trinajstić information content (AvgIpc) is 2.48. The van der Waals surface area contributed by atoms with Crippen LogP contribution in [0.25, 0.3) is 0 Å². The molecule has 0 aliphatic heterocycles. The van der Waals surface area contributed by atoms with Crippen molar-refractivity contribution in [3.8, 4) is 0 Å². The molecule has 1 aromatic rings. The molecule has 1 aromatic heterocycles. The second kappa shape index (κ2) is 5.36. The van der Waals surface area contributed by atoms with E-state index in [1.165, 1.54) is 0 Å². The number of hydrogen-bond donors (Lipinski definition) is 2. The van der Waals surface area contributed by atoms with Gasteiger partial charge in [0.2, 0.25) is 0 Å². The maximum Gasteiger partial charge on any atom is 0.422 e. The molecule has 2 N–H and O–H groups in total. The number of nitrogens with one attached hydrogen (secondary N) is 2. The van der Waals surface area contributed by atoms with Crippen molar-refractivity contribution in [1.82, 2.24) is 10.9 Å². The van der Waals surface area contributed by atoms with Crippen LogP contribution in [-0.4, -0.2) is 11.7 Å². The summed E-state index contributed by atoms with van der Waals surface area (Å²) in [6, 6.07) is 3.58. The molecule has 0 aliphatic rings. The van der Waals surface area contributed by atoms with E-state index in [0.717, 1.165) is 0 Å². The van der Waals surface area contributed by atoms with Crippen molar-refractivity contribution in [2.45, 2.75) is 32.9 Å². The van der Waals surface area contributed by atoms with Gasteiger partial charge in [-0.25, -0.2) is 10.2 Å². The Kier molecular flexibility index (Phi) is 4.37. The molecule has 1 heterocycles. The molecule has 0 aliphatic carbocycles. The fourth-order valence-electron chi connectivity index (χ4n) is 0.954. The van der Waals surface area contributed by atoms with Gasteiger partial charge in [0.05, 0.1) is 6.54 Å². The van der Waals surface area contributed by atoms with E-state index in [0.29, 0.717) is 17.0 Å². The van der Waals surface area contributed by atoms with Crippen LogP contribution >= 0.6 is 15.9 Å². The fourth-order valence-corrected chi connectivity index (χ4v) is 1.29. The lowest BCUT2D eigenvalue weighted by atomic mass is 10.2. The summed E-state index contributed by atoms with van der Waals surface area (Å²) in [5.74, 6) is 0.711. The maximum absolute atomic E-state index is 11.2. The summed E-state index contributed by atoms with van der Waals surface area (Å²) < 4.78 is 10.9. The van der Waals surface area contributed by atoms with Gasteiger partial charge in [-0.05, 0) is 48.8 Å². The molecule has 16 heavy (non-hydrogen) atoms. The normalized spacial score (nSPS) is 11.2. The minimum atomic E-state index is -0.516. The van der Waals surface area contributed by atoms with Crippen LogP contribution in [0.1, 0.15) is 26.5 Å². The van der Waals surface area contributed by atoms with Gasteiger partial charge >= 0.3 is 6.09 Å². The van der Waals surface area contributed by atoms with E-state index in [-0.39, 0.29) is 0 Å². The number of carbonyl (C=O) groups excluding carboxylic acids is 1. The van der Waals surface area contributed by atoms with E-state index in [2.05, 4.69) is 26.8 Å². The highest BCUT2D eigenvalue weighted by Crippen LogP contribution is 2.13. The molecule has 0 aromatic carbocycles. The van der Waals surface area contributed by atoms with Gasteiger partial charge in [0, 0.05) is 0 Å². The van der Waals surface area contributed by atoms with Crippen LogP contribution in [0.15, 0.2) is 21.2 Å². The van der Waals surface area contributed by atoms with Crippen molar-refractivity contribution in [2.75, 3.05) is 0 Å². The molecule has 1 amide bonds. The van der Waals surface area contributed by atoms with E-state index in [9.17, 15) is 4.79 Å². The molecular formula is C10H15BrN2O3. The summed E-state index contributed by atoms with van der Waals surface area (Å²) in [7, 11) is 0. The first-order chi connectivity index (χ1) is 7.37. The number of hydrogen-bond acceptors (Lipinski definition) is 4. The Morgan fingerprint density at radius 3 is 2.69 bits per heavy atom. The molecule has 0 fully saturated rings. The first kappa shape index (κ1) is 13.1.